The zero-order valence-electron chi connectivity index (χ0n) is 17.6. The zero-order chi connectivity index (χ0) is 20.0. The number of ketones is 1. The van der Waals surface area contributed by atoms with Crippen molar-refractivity contribution in [3.63, 3.8) is 0 Å². The van der Waals surface area contributed by atoms with Gasteiger partial charge in [-0.1, -0.05) is 59.8 Å². The summed E-state index contributed by atoms with van der Waals surface area (Å²) >= 11 is 0. The molecule has 27 heavy (non-hydrogen) atoms. The molecule has 0 aromatic carbocycles. The van der Waals surface area contributed by atoms with Crippen molar-refractivity contribution in [1.29, 1.82) is 0 Å². The second-order valence-corrected chi connectivity index (χ2v) is 9.06. The van der Waals surface area contributed by atoms with Gasteiger partial charge < -0.3 is 4.90 Å². The minimum atomic E-state index is -0.475. The molecule has 1 saturated heterocycles. The van der Waals surface area contributed by atoms with E-state index in [4.69, 9.17) is 0 Å². The lowest BCUT2D eigenvalue weighted by molar-refractivity contribution is -0.126. The molecular formula is C22H38N2O3. The van der Waals surface area contributed by atoms with E-state index in [1.807, 2.05) is 0 Å². The Labute approximate surface area is 164 Å². The lowest BCUT2D eigenvalue weighted by atomic mass is 9.67. The molecule has 2 aliphatic rings. The van der Waals surface area contributed by atoms with Crippen molar-refractivity contribution in [2.75, 3.05) is 6.54 Å². The van der Waals surface area contributed by atoms with Crippen molar-refractivity contribution in [3.05, 3.63) is 0 Å². The van der Waals surface area contributed by atoms with Crippen molar-refractivity contribution in [3.8, 4) is 0 Å². The SMILES string of the molecule is CCCCCCCC(=O)CN1C(=O)NC(=O)C1C1C[C@H](C)CC[C@H]1C(C)C. The van der Waals surface area contributed by atoms with E-state index in [1.165, 1.54) is 24.2 Å². The van der Waals surface area contributed by atoms with E-state index in [9.17, 15) is 14.4 Å². The van der Waals surface area contributed by atoms with Crippen LogP contribution in [-0.2, 0) is 9.59 Å². The molecule has 5 heteroatoms. The van der Waals surface area contributed by atoms with Gasteiger partial charge in [0.2, 0.25) is 0 Å². The first-order chi connectivity index (χ1) is 12.8. The van der Waals surface area contributed by atoms with Gasteiger partial charge in [0.15, 0.2) is 5.78 Å². The maximum Gasteiger partial charge on any atom is 0.325 e. The van der Waals surface area contributed by atoms with Crippen molar-refractivity contribution < 1.29 is 14.4 Å². The average Bonchev–Trinajstić information content (AvgIpc) is 2.87. The fraction of sp³-hybridized carbons (Fsp3) is 0.864. The lowest BCUT2D eigenvalue weighted by Crippen LogP contribution is -2.48. The topological polar surface area (TPSA) is 66.5 Å². The molecule has 1 saturated carbocycles. The van der Waals surface area contributed by atoms with Gasteiger partial charge in [0.05, 0.1) is 6.54 Å². The van der Waals surface area contributed by atoms with Gasteiger partial charge in [0, 0.05) is 6.42 Å². The summed E-state index contributed by atoms with van der Waals surface area (Å²) in [7, 11) is 0. The standard InChI is InChI=1S/C22H38N2O3/c1-5-6-7-8-9-10-17(25)14-24-20(21(26)23-22(24)27)19-13-16(4)11-12-18(19)15(2)3/h15-16,18-20H,5-14H2,1-4H3,(H,23,26,27)/t16-,18+,19?,20?/m1/s1. The molecule has 2 unspecified atom stereocenters. The van der Waals surface area contributed by atoms with Gasteiger partial charge in [-0.3, -0.25) is 14.9 Å². The monoisotopic (exact) mass is 378 g/mol. The van der Waals surface area contributed by atoms with E-state index < -0.39 is 6.04 Å². The summed E-state index contributed by atoms with van der Waals surface area (Å²) < 4.78 is 0. The van der Waals surface area contributed by atoms with Crippen molar-refractivity contribution in [2.45, 2.75) is 91.5 Å². The Bertz CT molecular complexity index is 532. The van der Waals surface area contributed by atoms with Gasteiger partial charge >= 0.3 is 6.03 Å². The molecule has 4 atom stereocenters. The fourth-order valence-corrected chi connectivity index (χ4v) is 4.95. The summed E-state index contributed by atoms with van der Waals surface area (Å²) in [4.78, 5) is 39.0. The Balaban J connectivity index is 2.01. The molecule has 0 aromatic heterocycles. The van der Waals surface area contributed by atoms with Crippen LogP contribution < -0.4 is 5.32 Å². The van der Waals surface area contributed by atoms with E-state index in [2.05, 4.69) is 33.0 Å². The number of carbonyl (C=O) groups excluding carboxylic acids is 3. The smallest absolute Gasteiger partial charge is 0.305 e. The number of hydrogen-bond donors (Lipinski definition) is 1. The molecule has 2 rings (SSSR count). The molecule has 0 radical (unpaired) electrons. The largest absolute Gasteiger partial charge is 0.325 e. The molecule has 3 amide bonds. The van der Waals surface area contributed by atoms with Crippen LogP contribution in [0, 0.1) is 23.7 Å². The third-order valence-electron chi connectivity index (χ3n) is 6.48. The van der Waals surface area contributed by atoms with Crippen molar-refractivity contribution in [1.82, 2.24) is 10.2 Å². The van der Waals surface area contributed by atoms with Crippen LogP contribution in [0.5, 0.6) is 0 Å². The van der Waals surface area contributed by atoms with Gasteiger partial charge in [-0.05, 0) is 42.9 Å². The first kappa shape index (κ1) is 21.9. The predicted molar refractivity (Wildman–Crippen MR) is 107 cm³/mol. The predicted octanol–water partition coefficient (Wildman–Crippen LogP) is 4.54. The summed E-state index contributed by atoms with van der Waals surface area (Å²) in [5, 5.41) is 2.47. The van der Waals surface area contributed by atoms with E-state index in [1.54, 1.807) is 0 Å². The van der Waals surface area contributed by atoms with Gasteiger partial charge in [-0.15, -0.1) is 0 Å². The van der Waals surface area contributed by atoms with Crippen LogP contribution in [0.3, 0.4) is 0 Å². The van der Waals surface area contributed by atoms with Gasteiger partial charge in [0.1, 0.15) is 6.04 Å². The summed E-state index contributed by atoms with van der Waals surface area (Å²) in [6.45, 7) is 8.88. The summed E-state index contributed by atoms with van der Waals surface area (Å²) in [5.41, 5.74) is 0. The number of Topliss-reactive ketones (excluding diaryl/α,β-unsaturated/α-hetero) is 1. The molecule has 0 aromatic rings. The number of hydrogen-bond acceptors (Lipinski definition) is 3. The maximum absolute atomic E-state index is 12.6. The normalized spacial score (nSPS) is 28.7. The Hall–Kier alpha value is -1.39. The van der Waals surface area contributed by atoms with Gasteiger partial charge in [-0.2, -0.15) is 0 Å². The summed E-state index contributed by atoms with van der Waals surface area (Å²) in [6, 6.07) is -0.859. The third kappa shape index (κ3) is 5.79. The quantitative estimate of drug-likeness (QED) is 0.448. The average molecular weight is 379 g/mol. The van der Waals surface area contributed by atoms with Gasteiger partial charge in [-0.25, -0.2) is 4.79 Å². The molecule has 5 nitrogen and oxygen atoms in total. The number of nitrogens with zero attached hydrogens (tertiary/aromatic N) is 1. The van der Waals surface area contributed by atoms with E-state index in [0.717, 1.165) is 32.1 Å². The van der Waals surface area contributed by atoms with Crippen LogP contribution in [0.15, 0.2) is 0 Å². The zero-order valence-corrected chi connectivity index (χ0v) is 17.6. The number of amides is 3. The maximum atomic E-state index is 12.6. The van der Waals surface area contributed by atoms with Crippen LogP contribution >= 0.6 is 0 Å². The first-order valence-corrected chi connectivity index (χ1v) is 11.0. The lowest BCUT2D eigenvalue weighted by Gasteiger charge is -2.41. The molecule has 154 valence electrons. The van der Waals surface area contributed by atoms with Crippen LogP contribution in [0.25, 0.3) is 0 Å². The highest BCUT2D eigenvalue weighted by molar-refractivity contribution is 6.05. The number of urea groups is 1. The third-order valence-corrected chi connectivity index (χ3v) is 6.48. The van der Waals surface area contributed by atoms with Crippen LogP contribution in [-0.4, -0.2) is 35.2 Å². The molecular weight excluding hydrogens is 340 g/mol. The fourth-order valence-electron chi connectivity index (χ4n) is 4.95. The number of rotatable bonds is 10. The highest BCUT2D eigenvalue weighted by Crippen LogP contribution is 2.42. The molecule has 2 fully saturated rings. The number of nitrogens with one attached hydrogen (secondary N) is 1. The van der Waals surface area contributed by atoms with E-state index in [0.29, 0.717) is 24.2 Å². The summed E-state index contributed by atoms with van der Waals surface area (Å²) in [5.74, 6) is 1.48. The van der Waals surface area contributed by atoms with Crippen LogP contribution in [0.2, 0.25) is 0 Å². The molecule has 1 N–H and O–H groups in total. The number of unbranched alkanes of at least 4 members (excludes halogenated alkanes) is 4. The number of imide groups is 1. The van der Waals surface area contributed by atoms with Crippen LogP contribution in [0.4, 0.5) is 4.79 Å². The van der Waals surface area contributed by atoms with E-state index in [-0.39, 0.29) is 30.2 Å². The Kier molecular flexibility index (Phi) is 8.30. The minimum Gasteiger partial charge on any atom is -0.305 e. The van der Waals surface area contributed by atoms with Crippen molar-refractivity contribution >= 4 is 17.7 Å². The van der Waals surface area contributed by atoms with Gasteiger partial charge in [0.25, 0.3) is 5.91 Å². The number of carbonyl (C=O) groups is 3. The minimum absolute atomic E-state index is 0.0751. The second-order valence-electron chi connectivity index (χ2n) is 9.06. The molecule has 0 bridgehead atoms. The summed E-state index contributed by atoms with van der Waals surface area (Å²) in [6.07, 6.45) is 9.22. The van der Waals surface area contributed by atoms with E-state index >= 15 is 0 Å². The molecule has 1 aliphatic carbocycles. The Morgan fingerprint density at radius 2 is 1.85 bits per heavy atom. The molecule has 0 spiro atoms. The molecule has 1 heterocycles. The Morgan fingerprint density at radius 3 is 2.52 bits per heavy atom. The second kappa shape index (κ2) is 10.2. The van der Waals surface area contributed by atoms with Crippen LogP contribution in [0.1, 0.15) is 85.5 Å². The highest BCUT2D eigenvalue weighted by atomic mass is 16.2. The molecule has 1 aliphatic heterocycles. The Morgan fingerprint density at radius 1 is 1.15 bits per heavy atom. The highest BCUT2D eigenvalue weighted by Gasteiger charge is 2.48. The first-order valence-electron chi connectivity index (χ1n) is 11.0. The van der Waals surface area contributed by atoms with Crippen molar-refractivity contribution in [2.24, 2.45) is 23.7 Å².